The largest absolute Gasteiger partial charge is 0.338 e. The second kappa shape index (κ2) is 4.51. The molecular weight excluding hydrogens is 214 g/mol. The zero-order valence-corrected chi connectivity index (χ0v) is 11.1. The summed E-state index contributed by atoms with van der Waals surface area (Å²) in [5.74, 6) is 0.600. The third kappa shape index (κ3) is 2.35. The SMILES string of the molecule is CC(C)c1cc2n(n1)CC(=O)N(C(C)C)CC2. The first kappa shape index (κ1) is 12.1. The number of nitrogens with zero attached hydrogens (tertiary/aromatic N) is 3. The van der Waals surface area contributed by atoms with Crippen molar-refractivity contribution >= 4 is 5.91 Å². The Kier molecular flexibility index (Phi) is 3.22. The van der Waals surface area contributed by atoms with Crippen LogP contribution >= 0.6 is 0 Å². The van der Waals surface area contributed by atoms with Gasteiger partial charge in [-0.25, -0.2) is 0 Å². The standard InChI is InChI=1S/C13H21N3O/c1-9(2)12-7-11-5-6-15(10(3)4)13(17)8-16(11)14-12/h7,9-10H,5-6,8H2,1-4H3. The molecule has 0 aliphatic carbocycles. The Morgan fingerprint density at radius 2 is 2.00 bits per heavy atom. The number of aromatic nitrogens is 2. The normalized spacial score (nSPS) is 16.6. The van der Waals surface area contributed by atoms with Crippen LogP contribution in [-0.2, 0) is 17.8 Å². The zero-order chi connectivity index (χ0) is 12.6. The Morgan fingerprint density at radius 3 is 2.59 bits per heavy atom. The molecule has 0 N–H and O–H groups in total. The van der Waals surface area contributed by atoms with Crippen LogP contribution in [0.5, 0.6) is 0 Å². The lowest BCUT2D eigenvalue weighted by atomic mass is 10.1. The van der Waals surface area contributed by atoms with Gasteiger partial charge in [0.1, 0.15) is 6.54 Å². The predicted octanol–water partition coefficient (Wildman–Crippen LogP) is 1.80. The van der Waals surface area contributed by atoms with Crippen LogP contribution in [0.25, 0.3) is 0 Å². The summed E-state index contributed by atoms with van der Waals surface area (Å²) < 4.78 is 1.88. The van der Waals surface area contributed by atoms with Gasteiger partial charge >= 0.3 is 0 Å². The molecule has 4 heteroatoms. The van der Waals surface area contributed by atoms with E-state index in [0.717, 1.165) is 18.7 Å². The maximum atomic E-state index is 12.1. The van der Waals surface area contributed by atoms with Crippen LogP contribution in [0.15, 0.2) is 6.07 Å². The molecule has 1 aromatic rings. The lowest BCUT2D eigenvalue weighted by Crippen LogP contribution is -2.38. The molecule has 0 saturated heterocycles. The van der Waals surface area contributed by atoms with Crippen molar-refractivity contribution in [3.8, 4) is 0 Å². The highest BCUT2D eigenvalue weighted by Gasteiger charge is 2.23. The van der Waals surface area contributed by atoms with E-state index in [0.29, 0.717) is 12.5 Å². The van der Waals surface area contributed by atoms with E-state index < -0.39 is 0 Å². The van der Waals surface area contributed by atoms with Crippen molar-refractivity contribution in [1.82, 2.24) is 14.7 Å². The fourth-order valence-corrected chi connectivity index (χ4v) is 2.22. The van der Waals surface area contributed by atoms with Crippen molar-refractivity contribution in [1.29, 1.82) is 0 Å². The monoisotopic (exact) mass is 235 g/mol. The number of carbonyl (C=O) groups excluding carboxylic acids is 1. The fraction of sp³-hybridized carbons (Fsp3) is 0.692. The molecule has 17 heavy (non-hydrogen) atoms. The highest BCUT2D eigenvalue weighted by atomic mass is 16.2. The van der Waals surface area contributed by atoms with Crippen LogP contribution in [0.2, 0.25) is 0 Å². The molecule has 0 fully saturated rings. The summed E-state index contributed by atoms with van der Waals surface area (Å²) in [5, 5.41) is 4.52. The molecular formula is C13H21N3O. The number of rotatable bonds is 2. The molecule has 0 unspecified atom stereocenters. The number of amides is 1. The van der Waals surface area contributed by atoms with Gasteiger partial charge in [0.2, 0.25) is 5.91 Å². The zero-order valence-electron chi connectivity index (χ0n) is 11.1. The first-order chi connectivity index (χ1) is 7.99. The quantitative estimate of drug-likeness (QED) is 0.784. The maximum Gasteiger partial charge on any atom is 0.244 e. The molecule has 94 valence electrons. The van der Waals surface area contributed by atoms with E-state index in [1.165, 1.54) is 5.69 Å². The molecule has 0 bridgehead atoms. The van der Waals surface area contributed by atoms with Crippen molar-refractivity contribution < 1.29 is 4.79 Å². The van der Waals surface area contributed by atoms with Crippen LogP contribution in [0, 0.1) is 0 Å². The Morgan fingerprint density at radius 1 is 1.29 bits per heavy atom. The number of carbonyl (C=O) groups is 1. The molecule has 2 rings (SSSR count). The maximum absolute atomic E-state index is 12.1. The predicted molar refractivity (Wildman–Crippen MR) is 66.9 cm³/mol. The molecule has 1 aliphatic rings. The summed E-state index contributed by atoms with van der Waals surface area (Å²) in [7, 11) is 0. The Bertz CT molecular complexity index is 420. The lowest BCUT2D eigenvalue weighted by Gasteiger charge is -2.24. The van der Waals surface area contributed by atoms with Crippen molar-refractivity contribution in [2.45, 2.75) is 52.6 Å². The number of fused-ring (bicyclic) bond motifs is 1. The van der Waals surface area contributed by atoms with E-state index in [1.807, 2.05) is 9.58 Å². The molecule has 0 aromatic carbocycles. The lowest BCUT2D eigenvalue weighted by molar-refractivity contribution is -0.133. The van der Waals surface area contributed by atoms with Crippen molar-refractivity contribution in [2.75, 3.05) is 6.54 Å². The van der Waals surface area contributed by atoms with E-state index in [-0.39, 0.29) is 11.9 Å². The van der Waals surface area contributed by atoms with E-state index >= 15 is 0 Å². The van der Waals surface area contributed by atoms with Crippen LogP contribution in [0.1, 0.15) is 45.0 Å². The average molecular weight is 235 g/mol. The molecule has 2 heterocycles. The second-order valence-electron chi connectivity index (χ2n) is 5.30. The van der Waals surface area contributed by atoms with E-state index in [1.54, 1.807) is 0 Å². The van der Waals surface area contributed by atoms with Gasteiger partial charge in [-0.05, 0) is 25.8 Å². The summed E-state index contributed by atoms with van der Waals surface area (Å²) in [6.07, 6.45) is 0.906. The van der Waals surface area contributed by atoms with Crippen molar-refractivity contribution in [2.24, 2.45) is 0 Å². The topological polar surface area (TPSA) is 38.1 Å². The van der Waals surface area contributed by atoms with Gasteiger partial charge in [-0.3, -0.25) is 9.48 Å². The molecule has 4 nitrogen and oxygen atoms in total. The van der Waals surface area contributed by atoms with Gasteiger partial charge in [0, 0.05) is 24.7 Å². The van der Waals surface area contributed by atoms with Crippen LogP contribution in [0.4, 0.5) is 0 Å². The molecule has 0 radical (unpaired) electrons. The third-order valence-electron chi connectivity index (χ3n) is 3.31. The molecule has 1 aromatic heterocycles. The minimum atomic E-state index is 0.178. The fourth-order valence-electron chi connectivity index (χ4n) is 2.22. The van der Waals surface area contributed by atoms with Crippen molar-refractivity contribution in [3.05, 3.63) is 17.5 Å². The smallest absolute Gasteiger partial charge is 0.244 e. The van der Waals surface area contributed by atoms with Crippen molar-refractivity contribution in [3.63, 3.8) is 0 Å². The van der Waals surface area contributed by atoms with Crippen LogP contribution in [-0.4, -0.2) is 33.2 Å². The first-order valence-electron chi connectivity index (χ1n) is 6.35. The molecule has 1 aliphatic heterocycles. The van der Waals surface area contributed by atoms with Gasteiger partial charge in [-0.1, -0.05) is 13.8 Å². The van der Waals surface area contributed by atoms with Gasteiger partial charge in [0.05, 0.1) is 5.69 Å². The average Bonchev–Trinajstić information content (AvgIpc) is 2.55. The van der Waals surface area contributed by atoms with E-state index in [2.05, 4.69) is 38.9 Å². The number of hydrogen-bond acceptors (Lipinski definition) is 2. The highest BCUT2D eigenvalue weighted by Crippen LogP contribution is 2.18. The molecule has 0 saturated carbocycles. The molecule has 0 atom stereocenters. The minimum absolute atomic E-state index is 0.178. The third-order valence-corrected chi connectivity index (χ3v) is 3.31. The molecule has 1 amide bonds. The molecule has 0 spiro atoms. The second-order valence-corrected chi connectivity index (χ2v) is 5.30. The van der Waals surface area contributed by atoms with Gasteiger partial charge in [-0.15, -0.1) is 0 Å². The van der Waals surface area contributed by atoms with Gasteiger partial charge in [0.25, 0.3) is 0 Å². The summed E-state index contributed by atoms with van der Waals surface area (Å²) in [6, 6.07) is 2.42. The summed E-state index contributed by atoms with van der Waals surface area (Å²) >= 11 is 0. The Balaban J connectivity index is 2.23. The highest BCUT2D eigenvalue weighted by molar-refractivity contribution is 5.76. The van der Waals surface area contributed by atoms with Gasteiger partial charge in [0.15, 0.2) is 0 Å². The Hall–Kier alpha value is -1.32. The van der Waals surface area contributed by atoms with Gasteiger partial charge < -0.3 is 4.90 Å². The van der Waals surface area contributed by atoms with Crippen LogP contribution in [0.3, 0.4) is 0 Å². The van der Waals surface area contributed by atoms with Crippen LogP contribution < -0.4 is 0 Å². The number of hydrogen-bond donors (Lipinski definition) is 0. The first-order valence-corrected chi connectivity index (χ1v) is 6.35. The summed E-state index contributed by atoms with van der Waals surface area (Å²) in [6.45, 7) is 9.58. The Labute approximate surface area is 103 Å². The van der Waals surface area contributed by atoms with Gasteiger partial charge in [-0.2, -0.15) is 5.10 Å². The van der Waals surface area contributed by atoms with E-state index in [4.69, 9.17) is 0 Å². The summed E-state index contributed by atoms with van der Waals surface area (Å²) in [5.41, 5.74) is 2.27. The minimum Gasteiger partial charge on any atom is -0.338 e. The van der Waals surface area contributed by atoms with E-state index in [9.17, 15) is 4.79 Å². The summed E-state index contributed by atoms with van der Waals surface area (Å²) in [4.78, 5) is 14.0.